The lowest BCUT2D eigenvalue weighted by Gasteiger charge is -2.39. The van der Waals surface area contributed by atoms with Gasteiger partial charge in [0.05, 0.1) is 22.5 Å². The standard InChI is InChI=1S/C46H29N3S/c1-2-12-32(13-3-1)45-48-41(31-23-21-30(22-24-31)40-19-10-11-27-47-40)29-42(49-45)33-25-26-44-39(28-33)46(38-18-8-9-20-43(38)50-44)36-16-6-4-14-34(36)35-15-5-7-17-37(35)46/h1-29H. The highest BCUT2D eigenvalue weighted by molar-refractivity contribution is 7.99. The van der Waals surface area contributed by atoms with Crippen LogP contribution in [0.25, 0.3) is 56.3 Å². The maximum atomic E-state index is 5.23. The Kier molecular flexibility index (Phi) is 6.64. The lowest BCUT2D eigenvalue weighted by atomic mass is 9.67. The fourth-order valence-electron chi connectivity index (χ4n) is 7.82. The van der Waals surface area contributed by atoms with Crippen molar-refractivity contribution in [3.05, 3.63) is 198 Å². The Morgan fingerprint density at radius 1 is 0.380 bits per heavy atom. The molecular weight excluding hydrogens is 627 g/mol. The Balaban J connectivity index is 1.18. The van der Waals surface area contributed by atoms with E-state index in [0.717, 1.165) is 39.3 Å². The van der Waals surface area contributed by atoms with Gasteiger partial charge in [0.2, 0.25) is 0 Å². The number of hydrogen-bond donors (Lipinski definition) is 0. The van der Waals surface area contributed by atoms with Crippen LogP contribution in [0, 0.1) is 0 Å². The molecule has 1 spiro atoms. The SMILES string of the molecule is c1ccc(-c2nc(-c3ccc(-c4ccccn4)cc3)cc(-c3ccc4c(c3)C3(c5ccccc5S4)c4ccccc4-c4ccccc43)n2)cc1. The van der Waals surface area contributed by atoms with Crippen molar-refractivity contribution in [2.75, 3.05) is 0 Å². The molecule has 0 saturated carbocycles. The Bertz CT molecular complexity index is 2520. The van der Waals surface area contributed by atoms with E-state index in [-0.39, 0.29) is 0 Å². The Hall–Kier alpha value is -6.10. The molecule has 0 saturated heterocycles. The zero-order chi connectivity index (χ0) is 33.1. The van der Waals surface area contributed by atoms with Crippen LogP contribution < -0.4 is 0 Å². The first-order valence-electron chi connectivity index (χ1n) is 16.9. The molecule has 50 heavy (non-hydrogen) atoms. The summed E-state index contributed by atoms with van der Waals surface area (Å²) in [6.45, 7) is 0. The monoisotopic (exact) mass is 655 g/mol. The molecule has 1 aliphatic heterocycles. The first-order chi connectivity index (χ1) is 24.8. The van der Waals surface area contributed by atoms with Crippen molar-refractivity contribution in [1.29, 1.82) is 0 Å². The molecular formula is C46H29N3S. The van der Waals surface area contributed by atoms with E-state index in [1.54, 1.807) is 0 Å². The topological polar surface area (TPSA) is 38.7 Å². The number of aromatic nitrogens is 3. The number of pyridine rings is 1. The second kappa shape index (κ2) is 11.5. The van der Waals surface area contributed by atoms with Crippen LogP contribution in [0.5, 0.6) is 0 Å². The second-order valence-corrected chi connectivity index (χ2v) is 13.9. The third-order valence-electron chi connectivity index (χ3n) is 10.0. The van der Waals surface area contributed by atoms with Gasteiger partial charge in [0.15, 0.2) is 5.82 Å². The van der Waals surface area contributed by atoms with Crippen LogP contribution in [0.15, 0.2) is 186 Å². The molecule has 6 aromatic carbocycles. The van der Waals surface area contributed by atoms with Gasteiger partial charge in [0.25, 0.3) is 0 Å². The normalized spacial score (nSPS) is 13.3. The smallest absolute Gasteiger partial charge is 0.160 e. The number of hydrogen-bond acceptors (Lipinski definition) is 4. The minimum atomic E-state index is -0.445. The summed E-state index contributed by atoms with van der Waals surface area (Å²) in [6.07, 6.45) is 1.83. The minimum absolute atomic E-state index is 0.445. The van der Waals surface area contributed by atoms with Gasteiger partial charge in [-0.25, -0.2) is 9.97 Å². The predicted octanol–water partition coefficient (Wildman–Crippen LogP) is 11.4. The number of nitrogens with zero attached hydrogens (tertiary/aromatic N) is 3. The fourth-order valence-corrected chi connectivity index (χ4v) is 8.99. The molecule has 0 N–H and O–H groups in total. The maximum absolute atomic E-state index is 5.23. The van der Waals surface area contributed by atoms with Gasteiger partial charge in [0, 0.05) is 38.2 Å². The molecule has 10 rings (SSSR count). The average molecular weight is 656 g/mol. The lowest BCUT2D eigenvalue weighted by Crippen LogP contribution is -2.32. The van der Waals surface area contributed by atoms with Crippen molar-refractivity contribution in [2.24, 2.45) is 0 Å². The van der Waals surface area contributed by atoms with E-state index in [9.17, 15) is 0 Å². The van der Waals surface area contributed by atoms with Crippen molar-refractivity contribution >= 4 is 11.8 Å². The maximum Gasteiger partial charge on any atom is 0.160 e. The minimum Gasteiger partial charge on any atom is -0.256 e. The van der Waals surface area contributed by atoms with Gasteiger partial charge in [-0.05, 0) is 69.8 Å². The van der Waals surface area contributed by atoms with Gasteiger partial charge >= 0.3 is 0 Å². The summed E-state index contributed by atoms with van der Waals surface area (Å²) in [5.74, 6) is 0.704. The Morgan fingerprint density at radius 2 is 0.940 bits per heavy atom. The molecule has 0 amide bonds. The Labute approximate surface area is 295 Å². The van der Waals surface area contributed by atoms with Crippen LogP contribution in [0.3, 0.4) is 0 Å². The predicted molar refractivity (Wildman–Crippen MR) is 203 cm³/mol. The first-order valence-corrected chi connectivity index (χ1v) is 17.7. The van der Waals surface area contributed by atoms with Crippen LogP contribution in [0.2, 0.25) is 0 Å². The van der Waals surface area contributed by atoms with Crippen LogP contribution in [-0.4, -0.2) is 15.0 Å². The molecule has 0 unspecified atom stereocenters. The van der Waals surface area contributed by atoms with Gasteiger partial charge in [-0.3, -0.25) is 4.98 Å². The zero-order valence-corrected chi connectivity index (χ0v) is 27.8. The summed E-state index contributed by atoms with van der Waals surface area (Å²) >= 11 is 1.86. The molecule has 2 aliphatic rings. The molecule has 0 radical (unpaired) electrons. The van der Waals surface area contributed by atoms with Crippen molar-refractivity contribution in [1.82, 2.24) is 15.0 Å². The largest absolute Gasteiger partial charge is 0.256 e. The summed E-state index contributed by atoms with van der Waals surface area (Å²) < 4.78 is 0. The van der Waals surface area contributed by atoms with Crippen LogP contribution in [-0.2, 0) is 5.41 Å². The quantitative estimate of drug-likeness (QED) is 0.189. The van der Waals surface area contributed by atoms with E-state index in [1.165, 1.54) is 43.2 Å². The molecule has 2 aromatic heterocycles. The number of benzene rings is 6. The lowest BCUT2D eigenvalue weighted by molar-refractivity contribution is 0.722. The molecule has 0 fully saturated rings. The highest BCUT2D eigenvalue weighted by Crippen LogP contribution is 2.62. The van der Waals surface area contributed by atoms with Crippen LogP contribution in [0.1, 0.15) is 22.3 Å². The van der Waals surface area contributed by atoms with Gasteiger partial charge < -0.3 is 0 Å². The first kappa shape index (κ1) is 28.9. The summed E-state index contributed by atoms with van der Waals surface area (Å²) in [6, 6.07) is 60.6. The summed E-state index contributed by atoms with van der Waals surface area (Å²) in [5.41, 5.74) is 14.3. The summed E-state index contributed by atoms with van der Waals surface area (Å²) in [5, 5.41) is 0. The number of fused-ring (bicyclic) bond motifs is 9. The van der Waals surface area contributed by atoms with E-state index in [2.05, 4.69) is 138 Å². The Morgan fingerprint density at radius 3 is 1.64 bits per heavy atom. The summed E-state index contributed by atoms with van der Waals surface area (Å²) in [7, 11) is 0. The van der Waals surface area contributed by atoms with Crippen LogP contribution >= 0.6 is 11.8 Å². The van der Waals surface area contributed by atoms with Crippen molar-refractivity contribution in [2.45, 2.75) is 15.2 Å². The van der Waals surface area contributed by atoms with E-state index < -0.39 is 5.41 Å². The number of rotatable bonds is 4. The molecule has 4 heteroatoms. The van der Waals surface area contributed by atoms with E-state index >= 15 is 0 Å². The third kappa shape index (κ3) is 4.42. The molecule has 0 bridgehead atoms. The molecule has 234 valence electrons. The highest BCUT2D eigenvalue weighted by Gasteiger charge is 2.50. The van der Waals surface area contributed by atoms with E-state index in [1.807, 2.05) is 54.4 Å². The summed E-state index contributed by atoms with van der Waals surface area (Å²) in [4.78, 5) is 17.5. The van der Waals surface area contributed by atoms with E-state index in [0.29, 0.717) is 5.82 Å². The molecule has 1 aliphatic carbocycles. The van der Waals surface area contributed by atoms with Gasteiger partial charge in [-0.1, -0.05) is 145 Å². The van der Waals surface area contributed by atoms with Crippen LogP contribution in [0.4, 0.5) is 0 Å². The van der Waals surface area contributed by atoms with Crippen molar-refractivity contribution < 1.29 is 0 Å². The highest BCUT2D eigenvalue weighted by atomic mass is 32.2. The second-order valence-electron chi connectivity index (χ2n) is 12.8. The third-order valence-corrected chi connectivity index (χ3v) is 11.2. The molecule has 0 atom stereocenters. The zero-order valence-electron chi connectivity index (χ0n) is 27.0. The van der Waals surface area contributed by atoms with Crippen molar-refractivity contribution in [3.8, 4) is 56.3 Å². The van der Waals surface area contributed by atoms with Gasteiger partial charge in [0.1, 0.15) is 0 Å². The fraction of sp³-hybridized carbons (Fsp3) is 0.0217. The van der Waals surface area contributed by atoms with E-state index in [4.69, 9.17) is 9.97 Å². The molecule has 3 heterocycles. The van der Waals surface area contributed by atoms with Crippen molar-refractivity contribution in [3.63, 3.8) is 0 Å². The van der Waals surface area contributed by atoms with Gasteiger partial charge in [-0.2, -0.15) is 0 Å². The van der Waals surface area contributed by atoms with Gasteiger partial charge in [-0.15, -0.1) is 0 Å². The average Bonchev–Trinajstić information content (AvgIpc) is 3.49. The molecule has 3 nitrogen and oxygen atoms in total. The molecule has 8 aromatic rings.